The highest BCUT2D eigenvalue weighted by atomic mass is 79.9. The number of ether oxygens (including phenoxy) is 1. The molecule has 104 valence electrons. The molecule has 0 unspecified atom stereocenters. The highest BCUT2D eigenvalue weighted by Gasteiger charge is 2.17. The number of carbonyl (C=O) groups excluding carboxylic acids is 2. The number of para-hydroxylation sites is 1. The van der Waals surface area contributed by atoms with Gasteiger partial charge in [0.25, 0.3) is 0 Å². The third-order valence-electron chi connectivity index (χ3n) is 2.48. The van der Waals surface area contributed by atoms with E-state index in [0.717, 1.165) is 12.1 Å². The molecule has 0 aliphatic carbocycles. The summed E-state index contributed by atoms with van der Waals surface area (Å²) in [6, 6.07) is 9.23. The summed E-state index contributed by atoms with van der Waals surface area (Å²) in [6.45, 7) is 2.65. The molecule has 0 bridgehead atoms. The third-order valence-corrected chi connectivity index (χ3v) is 3.11. The second-order valence-corrected chi connectivity index (χ2v) is 4.58. The molecule has 0 aliphatic rings. The number of nitrogens with zero attached hydrogens (tertiary/aromatic N) is 1. The molecule has 0 spiro atoms. The minimum atomic E-state index is -0.407. The van der Waals surface area contributed by atoms with E-state index in [1.807, 2.05) is 37.3 Å². The van der Waals surface area contributed by atoms with E-state index in [0.29, 0.717) is 24.9 Å². The Hall–Kier alpha value is -1.36. The van der Waals surface area contributed by atoms with Crippen LogP contribution in [0.15, 0.2) is 30.3 Å². The first kappa shape index (κ1) is 15.7. The summed E-state index contributed by atoms with van der Waals surface area (Å²) in [5, 5.41) is 0.305. The molecule has 0 radical (unpaired) electrons. The van der Waals surface area contributed by atoms with E-state index < -0.39 is 6.09 Å². The van der Waals surface area contributed by atoms with Crippen molar-refractivity contribution in [2.24, 2.45) is 0 Å². The van der Waals surface area contributed by atoms with Gasteiger partial charge >= 0.3 is 6.09 Å². The van der Waals surface area contributed by atoms with Crippen molar-refractivity contribution in [2.75, 3.05) is 23.4 Å². The van der Waals surface area contributed by atoms with Gasteiger partial charge < -0.3 is 4.74 Å². The molecule has 0 N–H and O–H groups in total. The van der Waals surface area contributed by atoms with Crippen LogP contribution in [0.4, 0.5) is 10.5 Å². The Morgan fingerprint density at radius 1 is 1.26 bits per heavy atom. The van der Waals surface area contributed by atoms with Gasteiger partial charge in [-0.2, -0.15) is 0 Å². The van der Waals surface area contributed by atoms with Crippen molar-refractivity contribution in [3.05, 3.63) is 30.3 Å². The third kappa shape index (κ3) is 5.42. The van der Waals surface area contributed by atoms with Gasteiger partial charge in [-0.1, -0.05) is 41.1 Å². The van der Waals surface area contributed by atoms with E-state index in [-0.39, 0.29) is 5.78 Å². The second kappa shape index (κ2) is 8.69. The molecule has 1 aromatic carbocycles. The van der Waals surface area contributed by atoms with Crippen molar-refractivity contribution in [2.45, 2.75) is 19.8 Å². The van der Waals surface area contributed by atoms with Gasteiger partial charge in [0.15, 0.2) is 0 Å². The summed E-state index contributed by atoms with van der Waals surface area (Å²) >= 11 is 3.12. The zero-order chi connectivity index (χ0) is 14.1. The first-order chi connectivity index (χ1) is 9.19. The van der Waals surface area contributed by atoms with Crippen LogP contribution in [0.3, 0.4) is 0 Å². The monoisotopic (exact) mass is 327 g/mol. The maximum absolute atomic E-state index is 12.0. The van der Waals surface area contributed by atoms with Crippen LogP contribution in [0.2, 0.25) is 0 Å². The standard InChI is InChI=1S/C14H18BrNO3/c1-2-10-19-14(18)16(9-8-13(17)11-15)12-6-4-3-5-7-12/h3-7H,2,8-11H2,1H3. The molecule has 1 aromatic rings. The summed E-state index contributed by atoms with van der Waals surface area (Å²) in [5.41, 5.74) is 0.742. The number of alkyl halides is 1. The molecule has 0 aromatic heterocycles. The maximum Gasteiger partial charge on any atom is 0.414 e. The Bertz CT molecular complexity index is 408. The summed E-state index contributed by atoms with van der Waals surface area (Å²) in [6.07, 6.45) is 0.672. The van der Waals surface area contributed by atoms with Crippen LogP contribution in [0.1, 0.15) is 19.8 Å². The summed E-state index contributed by atoms with van der Waals surface area (Å²) in [4.78, 5) is 24.8. The van der Waals surface area contributed by atoms with Crippen molar-refractivity contribution in [3.8, 4) is 0 Å². The van der Waals surface area contributed by atoms with Crippen LogP contribution in [-0.4, -0.2) is 30.4 Å². The van der Waals surface area contributed by atoms with Crippen LogP contribution in [-0.2, 0) is 9.53 Å². The minimum absolute atomic E-state index is 0.0595. The molecule has 19 heavy (non-hydrogen) atoms. The lowest BCUT2D eigenvalue weighted by molar-refractivity contribution is -0.116. The first-order valence-corrected chi connectivity index (χ1v) is 7.38. The minimum Gasteiger partial charge on any atom is -0.449 e. The molecular formula is C14H18BrNO3. The van der Waals surface area contributed by atoms with Crippen molar-refractivity contribution in [1.82, 2.24) is 0 Å². The number of hydrogen-bond donors (Lipinski definition) is 0. The Morgan fingerprint density at radius 3 is 2.53 bits per heavy atom. The van der Waals surface area contributed by atoms with Gasteiger partial charge in [-0.15, -0.1) is 0 Å². The summed E-state index contributed by atoms with van der Waals surface area (Å²) in [7, 11) is 0. The van der Waals surface area contributed by atoms with Crippen LogP contribution < -0.4 is 4.90 Å². The molecule has 0 fully saturated rings. The summed E-state index contributed by atoms with van der Waals surface area (Å²) < 4.78 is 5.14. The highest BCUT2D eigenvalue weighted by Crippen LogP contribution is 2.15. The molecule has 0 aliphatic heterocycles. The zero-order valence-corrected chi connectivity index (χ0v) is 12.6. The van der Waals surface area contributed by atoms with E-state index in [4.69, 9.17) is 4.74 Å². The van der Waals surface area contributed by atoms with Crippen molar-refractivity contribution < 1.29 is 14.3 Å². The molecule has 1 rings (SSSR count). The van der Waals surface area contributed by atoms with Crippen molar-refractivity contribution in [1.29, 1.82) is 0 Å². The Labute approximate surface area is 121 Å². The van der Waals surface area contributed by atoms with E-state index in [1.54, 1.807) is 0 Å². The zero-order valence-electron chi connectivity index (χ0n) is 11.0. The molecule has 0 heterocycles. The number of anilines is 1. The quantitative estimate of drug-likeness (QED) is 0.721. The van der Waals surface area contributed by atoms with E-state index in [1.165, 1.54) is 4.90 Å². The van der Waals surface area contributed by atoms with Crippen molar-refractivity contribution in [3.63, 3.8) is 0 Å². The SMILES string of the molecule is CCCOC(=O)N(CCC(=O)CBr)c1ccccc1. The largest absolute Gasteiger partial charge is 0.449 e. The lowest BCUT2D eigenvalue weighted by Gasteiger charge is -2.21. The van der Waals surface area contributed by atoms with Crippen molar-refractivity contribution >= 4 is 33.5 Å². The highest BCUT2D eigenvalue weighted by molar-refractivity contribution is 9.09. The summed E-state index contributed by atoms with van der Waals surface area (Å²) in [5.74, 6) is 0.0595. The lowest BCUT2D eigenvalue weighted by Crippen LogP contribution is -2.33. The maximum atomic E-state index is 12.0. The first-order valence-electron chi connectivity index (χ1n) is 6.26. The van der Waals surface area contributed by atoms with Gasteiger partial charge in [-0.3, -0.25) is 9.69 Å². The molecule has 0 atom stereocenters. The molecule has 5 heteroatoms. The average molecular weight is 328 g/mol. The number of Topliss-reactive ketones (excluding diaryl/α,β-unsaturated/α-hetero) is 1. The molecule has 0 saturated heterocycles. The Balaban J connectivity index is 2.73. The number of halogens is 1. The number of carbonyl (C=O) groups is 2. The molecule has 1 amide bonds. The topological polar surface area (TPSA) is 46.6 Å². The van der Waals surface area contributed by atoms with Gasteiger partial charge in [0.2, 0.25) is 0 Å². The van der Waals surface area contributed by atoms with Crippen LogP contribution >= 0.6 is 15.9 Å². The van der Waals surface area contributed by atoms with Gasteiger partial charge in [0.05, 0.1) is 11.9 Å². The molecule has 4 nitrogen and oxygen atoms in total. The predicted molar refractivity (Wildman–Crippen MR) is 78.8 cm³/mol. The average Bonchev–Trinajstić information content (AvgIpc) is 2.46. The Morgan fingerprint density at radius 2 is 1.95 bits per heavy atom. The number of benzene rings is 1. The fraction of sp³-hybridized carbons (Fsp3) is 0.429. The van der Waals surface area contributed by atoms with Crippen LogP contribution in [0.5, 0.6) is 0 Å². The van der Waals surface area contributed by atoms with E-state index in [9.17, 15) is 9.59 Å². The van der Waals surface area contributed by atoms with Crippen LogP contribution in [0.25, 0.3) is 0 Å². The van der Waals surface area contributed by atoms with Crippen LogP contribution in [0, 0.1) is 0 Å². The van der Waals surface area contributed by atoms with E-state index in [2.05, 4.69) is 15.9 Å². The number of amides is 1. The van der Waals surface area contributed by atoms with E-state index >= 15 is 0 Å². The van der Waals surface area contributed by atoms with Gasteiger partial charge in [0, 0.05) is 18.7 Å². The predicted octanol–water partition coefficient (Wildman–Crippen LogP) is 3.39. The fourth-order valence-corrected chi connectivity index (χ4v) is 1.78. The van der Waals surface area contributed by atoms with Gasteiger partial charge in [0.1, 0.15) is 5.78 Å². The normalized spacial score (nSPS) is 10.0. The number of hydrogen-bond acceptors (Lipinski definition) is 3. The van der Waals surface area contributed by atoms with Gasteiger partial charge in [-0.05, 0) is 18.6 Å². The molecular weight excluding hydrogens is 310 g/mol. The number of rotatable bonds is 7. The number of ketones is 1. The lowest BCUT2D eigenvalue weighted by atomic mass is 10.2. The fourth-order valence-electron chi connectivity index (χ4n) is 1.50. The smallest absolute Gasteiger partial charge is 0.414 e. The molecule has 0 saturated carbocycles. The Kier molecular flexibility index (Phi) is 7.18. The van der Waals surface area contributed by atoms with Gasteiger partial charge in [-0.25, -0.2) is 4.79 Å². The second-order valence-electron chi connectivity index (χ2n) is 4.02.